The Morgan fingerprint density at radius 2 is 1.13 bits per heavy atom. The molecule has 7 heteroatoms. The highest BCUT2D eigenvalue weighted by atomic mass is 15.5. The van der Waals surface area contributed by atoms with Crippen LogP contribution in [0.1, 0.15) is 36.1 Å². The molecule has 0 saturated carbocycles. The van der Waals surface area contributed by atoms with Gasteiger partial charge < -0.3 is 4.90 Å². The topological polar surface area (TPSA) is 64.7 Å². The molecule has 0 aliphatic carbocycles. The Hall–Kier alpha value is -3.74. The Morgan fingerprint density at radius 3 is 1.68 bits per heavy atom. The number of para-hydroxylation sites is 3. The molecule has 0 spiro atoms. The van der Waals surface area contributed by atoms with Crippen LogP contribution < -0.4 is 4.90 Å². The van der Waals surface area contributed by atoms with E-state index >= 15 is 0 Å². The standard InChI is InChI=1S/C24H21N7/c1-3-10-22-18(8-1)25-27-30(22)20-12-14-29-15-13-21(17-7-5-6-16(20)24(17)29)31-23-11-4-2-9-19(23)26-28-31/h1-11,20-21H,12-15H2. The molecule has 7 rings (SSSR count). The summed E-state index contributed by atoms with van der Waals surface area (Å²) in [5.41, 5.74) is 8.07. The first kappa shape index (κ1) is 17.0. The second kappa shape index (κ2) is 6.38. The Morgan fingerprint density at radius 1 is 0.613 bits per heavy atom. The molecule has 0 bridgehead atoms. The largest absolute Gasteiger partial charge is 0.371 e. The smallest absolute Gasteiger partial charge is 0.113 e. The van der Waals surface area contributed by atoms with Gasteiger partial charge in [-0.3, -0.25) is 0 Å². The van der Waals surface area contributed by atoms with E-state index in [0.29, 0.717) is 0 Å². The van der Waals surface area contributed by atoms with Crippen LogP contribution in [0.5, 0.6) is 0 Å². The van der Waals surface area contributed by atoms with Gasteiger partial charge in [-0.2, -0.15) is 0 Å². The lowest BCUT2D eigenvalue weighted by Gasteiger charge is -2.42. The van der Waals surface area contributed by atoms with E-state index < -0.39 is 0 Å². The van der Waals surface area contributed by atoms with E-state index in [2.05, 4.69) is 77.4 Å². The van der Waals surface area contributed by atoms with Crippen LogP contribution in [0, 0.1) is 0 Å². The molecule has 2 unspecified atom stereocenters. The fraction of sp³-hybridized carbons (Fsp3) is 0.250. The van der Waals surface area contributed by atoms with Crippen molar-refractivity contribution in [2.24, 2.45) is 0 Å². The highest BCUT2D eigenvalue weighted by Crippen LogP contribution is 2.45. The third kappa shape index (κ3) is 2.40. The van der Waals surface area contributed by atoms with Gasteiger partial charge in [0.15, 0.2) is 0 Å². The zero-order valence-electron chi connectivity index (χ0n) is 17.0. The van der Waals surface area contributed by atoms with Crippen molar-refractivity contribution in [3.63, 3.8) is 0 Å². The fourth-order valence-electron chi connectivity index (χ4n) is 5.43. The molecule has 2 aliphatic rings. The van der Waals surface area contributed by atoms with E-state index in [4.69, 9.17) is 0 Å². The number of fused-ring (bicyclic) bond motifs is 2. The van der Waals surface area contributed by atoms with Crippen LogP contribution >= 0.6 is 0 Å². The molecule has 0 saturated heterocycles. The average Bonchev–Trinajstić information content (AvgIpc) is 3.44. The van der Waals surface area contributed by atoms with Crippen molar-refractivity contribution in [2.45, 2.75) is 24.9 Å². The lowest BCUT2D eigenvalue weighted by molar-refractivity contribution is 0.426. The molecule has 152 valence electrons. The van der Waals surface area contributed by atoms with Crippen molar-refractivity contribution in [3.8, 4) is 0 Å². The number of benzene rings is 3. The first-order valence-corrected chi connectivity index (χ1v) is 10.9. The third-order valence-corrected chi connectivity index (χ3v) is 6.82. The Kier molecular flexibility index (Phi) is 3.50. The first-order chi connectivity index (χ1) is 15.4. The van der Waals surface area contributed by atoms with Crippen LogP contribution in [-0.2, 0) is 0 Å². The second-order valence-corrected chi connectivity index (χ2v) is 8.43. The normalized spacial score (nSPS) is 20.3. The van der Waals surface area contributed by atoms with E-state index in [9.17, 15) is 0 Å². The maximum atomic E-state index is 4.55. The molecule has 0 radical (unpaired) electrons. The fourth-order valence-corrected chi connectivity index (χ4v) is 5.43. The summed E-state index contributed by atoms with van der Waals surface area (Å²) in [4.78, 5) is 2.54. The van der Waals surface area contributed by atoms with Gasteiger partial charge in [0.2, 0.25) is 0 Å². The van der Waals surface area contributed by atoms with Gasteiger partial charge >= 0.3 is 0 Å². The molecule has 7 nitrogen and oxygen atoms in total. The molecule has 3 aromatic carbocycles. The van der Waals surface area contributed by atoms with Gasteiger partial charge in [-0.1, -0.05) is 52.9 Å². The first-order valence-electron chi connectivity index (χ1n) is 10.9. The quantitative estimate of drug-likeness (QED) is 0.443. The molecule has 5 aromatic rings. The van der Waals surface area contributed by atoms with Crippen LogP contribution in [0.3, 0.4) is 0 Å². The van der Waals surface area contributed by atoms with Gasteiger partial charge in [0.05, 0.1) is 23.1 Å². The molecule has 2 atom stereocenters. The number of rotatable bonds is 2. The van der Waals surface area contributed by atoms with Crippen molar-refractivity contribution in [3.05, 3.63) is 77.9 Å². The van der Waals surface area contributed by atoms with E-state index in [1.807, 2.05) is 24.3 Å². The molecular weight excluding hydrogens is 386 g/mol. The van der Waals surface area contributed by atoms with Gasteiger partial charge in [0.25, 0.3) is 0 Å². The van der Waals surface area contributed by atoms with Crippen LogP contribution in [0.25, 0.3) is 22.1 Å². The lowest BCUT2D eigenvalue weighted by atomic mass is 9.86. The van der Waals surface area contributed by atoms with Gasteiger partial charge in [-0.15, -0.1) is 10.2 Å². The molecular formula is C24H21N7. The maximum absolute atomic E-state index is 4.55. The van der Waals surface area contributed by atoms with E-state index in [0.717, 1.165) is 48.0 Å². The SMILES string of the molecule is c1cc2c3c(c1)C(n1nnc4ccccc41)CCN3CCC2n1nnc2ccccc21. The minimum atomic E-state index is 0.185. The van der Waals surface area contributed by atoms with Crippen LogP contribution in [-0.4, -0.2) is 43.1 Å². The van der Waals surface area contributed by atoms with Crippen molar-refractivity contribution >= 4 is 27.8 Å². The average molecular weight is 407 g/mol. The number of anilines is 1. The van der Waals surface area contributed by atoms with Crippen molar-refractivity contribution in [1.82, 2.24) is 30.0 Å². The second-order valence-electron chi connectivity index (χ2n) is 8.43. The highest BCUT2D eigenvalue weighted by molar-refractivity contribution is 5.76. The van der Waals surface area contributed by atoms with Crippen molar-refractivity contribution in [2.75, 3.05) is 18.0 Å². The Labute approximate surface area is 178 Å². The van der Waals surface area contributed by atoms with E-state index in [1.165, 1.54) is 16.8 Å². The van der Waals surface area contributed by atoms with Gasteiger partial charge in [-0.05, 0) is 37.1 Å². The lowest BCUT2D eigenvalue weighted by Crippen LogP contribution is -2.39. The summed E-state index contributed by atoms with van der Waals surface area (Å²) >= 11 is 0. The predicted molar refractivity (Wildman–Crippen MR) is 119 cm³/mol. The minimum Gasteiger partial charge on any atom is -0.371 e. The summed E-state index contributed by atoms with van der Waals surface area (Å²) in [6, 6.07) is 23.5. The summed E-state index contributed by atoms with van der Waals surface area (Å²) in [6.07, 6.45) is 2.06. The van der Waals surface area contributed by atoms with Gasteiger partial charge in [-0.25, -0.2) is 9.36 Å². The molecule has 2 aromatic heterocycles. The van der Waals surface area contributed by atoms with Gasteiger partial charge in [0, 0.05) is 29.9 Å². The van der Waals surface area contributed by atoms with E-state index in [-0.39, 0.29) is 12.1 Å². The molecule has 0 amide bonds. The molecule has 0 fully saturated rings. The maximum Gasteiger partial charge on any atom is 0.113 e. The number of hydrogen-bond acceptors (Lipinski definition) is 5. The van der Waals surface area contributed by atoms with Crippen molar-refractivity contribution in [1.29, 1.82) is 0 Å². The zero-order chi connectivity index (χ0) is 20.4. The molecule has 31 heavy (non-hydrogen) atoms. The van der Waals surface area contributed by atoms with Crippen molar-refractivity contribution < 1.29 is 0 Å². The summed E-state index contributed by atoms with van der Waals surface area (Å²) in [5, 5.41) is 17.9. The summed E-state index contributed by atoms with van der Waals surface area (Å²) in [7, 11) is 0. The summed E-state index contributed by atoms with van der Waals surface area (Å²) in [5.74, 6) is 0. The van der Waals surface area contributed by atoms with Gasteiger partial charge in [0.1, 0.15) is 11.0 Å². The minimum absolute atomic E-state index is 0.185. The number of aromatic nitrogens is 6. The Bertz CT molecular complexity index is 1330. The number of hydrogen-bond donors (Lipinski definition) is 0. The number of nitrogens with zero attached hydrogens (tertiary/aromatic N) is 7. The van der Waals surface area contributed by atoms with E-state index in [1.54, 1.807) is 0 Å². The summed E-state index contributed by atoms with van der Waals surface area (Å²) in [6.45, 7) is 2.04. The Balaban J connectivity index is 1.40. The zero-order valence-corrected chi connectivity index (χ0v) is 17.0. The predicted octanol–water partition coefficient (Wildman–Crippen LogP) is 3.97. The summed E-state index contributed by atoms with van der Waals surface area (Å²) < 4.78 is 4.22. The highest BCUT2D eigenvalue weighted by Gasteiger charge is 2.36. The third-order valence-electron chi connectivity index (χ3n) is 6.82. The van der Waals surface area contributed by atoms with Crippen LogP contribution in [0.2, 0.25) is 0 Å². The van der Waals surface area contributed by atoms with Crippen LogP contribution in [0.4, 0.5) is 5.69 Å². The monoisotopic (exact) mass is 407 g/mol. The molecule has 2 aliphatic heterocycles. The molecule has 4 heterocycles. The molecule has 0 N–H and O–H groups in total. The van der Waals surface area contributed by atoms with Crippen LogP contribution in [0.15, 0.2) is 66.7 Å².